The predicted octanol–water partition coefficient (Wildman–Crippen LogP) is 0.182. The van der Waals surface area contributed by atoms with Crippen molar-refractivity contribution in [1.82, 2.24) is 9.80 Å². The molecule has 0 bridgehead atoms. The van der Waals surface area contributed by atoms with Crippen molar-refractivity contribution in [3.05, 3.63) is 0 Å². The number of hydrogen-bond donors (Lipinski definition) is 2. The Morgan fingerprint density at radius 2 is 1.65 bits per heavy atom. The molecule has 0 aromatic rings. The number of piperazine rings is 1. The van der Waals surface area contributed by atoms with Gasteiger partial charge in [-0.05, 0) is 12.3 Å². The predicted molar refractivity (Wildman–Crippen MR) is 63.6 cm³/mol. The SMILES string of the molecule is CC(C)CC(N)C(=O)N1CCN(C(=O)O)CC1. The van der Waals surface area contributed by atoms with E-state index in [-0.39, 0.29) is 5.91 Å². The molecular weight excluding hydrogens is 222 g/mol. The molecule has 2 amide bonds. The van der Waals surface area contributed by atoms with E-state index in [4.69, 9.17) is 10.8 Å². The van der Waals surface area contributed by atoms with E-state index in [0.29, 0.717) is 38.5 Å². The monoisotopic (exact) mass is 243 g/mol. The lowest BCUT2D eigenvalue weighted by molar-refractivity contribution is -0.134. The molecule has 1 saturated heterocycles. The first-order valence-corrected chi connectivity index (χ1v) is 5.94. The summed E-state index contributed by atoms with van der Waals surface area (Å²) in [5, 5.41) is 8.79. The van der Waals surface area contributed by atoms with Crippen molar-refractivity contribution < 1.29 is 14.7 Å². The molecule has 1 aliphatic heterocycles. The molecule has 1 fully saturated rings. The molecule has 1 aliphatic rings. The zero-order chi connectivity index (χ0) is 13.0. The maximum atomic E-state index is 11.9. The number of carbonyl (C=O) groups excluding carboxylic acids is 1. The van der Waals surface area contributed by atoms with Crippen LogP contribution in [0.15, 0.2) is 0 Å². The van der Waals surface area contributed by atoms with Gasteiger partial charge in [0.1, 0.15) is 0 Å². The first-order valence-electron chi connectivity index (χ1n) is 5.94. The molecule has 0 radical (unpaired) electrons. The number of amides is 2. The third kappa shape index (κ3) is 3.89. The highest BCUT2D eigenvalue weighted by molar-refractivity contribution is 5.82. The summed E-state index contributed by atoms with van der Waals surface area (Å²) >= 11 is 0. The Labute approximate surface area is 101 Å². The van der Waals surface area contributed by atoms with Gasteiger partial charge in [0.15, 0.2) is 0 Å². The average Bonchev–Trinajstić information content (AvgIpc) is 2.27. The van der Waals surface area contributed by atoms with Crippen molar-refractivity contribution in [2.75, 3.05) is 26.2 Å². The number of carboxylic acid groups (broad SMARTS) is 1. The summed E-state index contributed by atoms with van der Waals surface area (Å²) in [4.78, 5) is 25.6. The molecule has 17 heavy (non-hydrogen) atoms. The normalized spacial score (nSPS) is 18.4. The van der Waals surface area contributed by atoms with Crippen LogP contribution in [0.4, 0.5) is 4.79 Å². The molecule has 0 aromatic carbocycles. The van der Waals surface area contributed by atoms with Crippen LogP contribution in [0, 0.1) is 5.92 Å². The minimum absolute atomic E-state index is 0.0660. The molecule has 3 N–H and O–H groups in total. The first kappa shape index (κ1) is 13.8. The van der Waals surface area contributed by atoms with Crippen molar-refractivity contribution >= 4 is 12.0 Å². The van der Waals surface area contributed by atoms with E-state index in [1.54, 1.807) is 4.90 Å². The highest BCUT2D eigenvalue weighted by atomic mass is 16.4. The molecular formula is C11H21N3O3. The van der Waals surface area contributed by atoms with Gasteiger partial charge in [-0.15, -0.1) is 0 Å². The fraction of sp³-hybridized carbons (Fsp3) is 0.818. The highest BCUT2D eigenvalue weighted by Crippen LogP contribution is 2.08. The zero-order valence-corrected chi connectivity index (χ0v) is 10.4. The van der Waals surface area contributed by atoms with Gasteiger partial charge < -0.3 is 20.6 Å². The number of nitrogens with zero attached hydrogens (tertiary/aromatic N) is 2. The Morgan fingerprint density at radius 3 is 2.06 bits per heavy atom. The van der Waals surface area contributed by atoms with Gasteiger partial charge in [0.2, 0.25) is 5.91 Å². The Hall–Kier alpha value is -1.30. The minimum Gasteiger partial charge on any atom is -0.465 e. The van der Waals surface area contributed by atoms with Crippen LogP contribution in [0.2, 0.25) is 0 Å². The van der Waals surface area contributed by atoms with Crippen LogP contribution in [-0.4, -0.2) is 59.1 Å². The lowest BCUT2D eigenvalue weighted by Gasteiger charge is -2.34. The van der Waals surface area contributed by atoms with Gasteiger partial charge in [0.05, 0.1) is 6.04 Å². The molecule has 0 saturated carbocycles. The smallest absolute Gasteiger partial charge is 0.407 e. The molecule has 6 nitrogen and oxygen atoms in total. The molecule has 1 heterocycles. The summed E-state index contributed by atoms with van der Waals surface area (Å²) < 4.78 is 0. The van der Waals surface area contributed by atoms with E-state index >= 15 is 0 Å². The van der Waals surface area contributed by atoms with Crippen molar-refractivity contribution in [1.29, 1.82) is 0 Å². The Kier molecular flexibility index (Phi) is 4.74. The Balaban J connectivity index is 2.43. The summed E-state index contributed by atoms with van der Waals surface area (Å²) in [5.41, 5.74) is 5.82. The number of hydrogen-bond acceptors (Lipinski definition) is 3. The summed E-state index contributed by atoms with van der Waals surface area (Å²) in [6, 6.07) is -0.466. The fourth-order valence-corrected chi connectivity index (χ4v) is 1.96. The molecule has 1 unspecified atom stereocenters. The summed E-state index contributed by atoms with van der Waals surface area (Å²) in [6.45, 7) is 5.67. The van der Waals surface area contributed by atoms with E-state index in [1.807, 2.05) is 13.8 Å². The van der Waals surface area contributed by atoms with Crippen molar-refractivity contribution in [2.24, 2.45) is 11.7 Å². The standard InChI is InChI=1S/C11H21N3O3/c1-8(2)7-9(12)10(15)13-3-5-14(6-4-13)11(16)17/h8-9H,3-7,12H2,1-2H3,(H,16,17). The average molecular weight is 243 g/mol. The third-order valence-corrected chi connectivity index (χ3v) is 2.90. The van der Waals surface area contributed by atoms with Gasteiger partial charge in [0.25, 0.3) is 0 Å². The molecule has 0 aliphatic carbocycles. The second kappa shape index (κ2) is 5.86. The van der Waals surface area contributed by atoms with E-state index in [1.165, 1.54) is 4.90 Å². The van der Waals surface area contributed by atoms with Crippen molar-refractivity contribution in [3.63, 3.8) is 0 Å². The molecule has 1 atom stereocenters. The fourth-order valence-electron chi connectivity index (χ4n) is 1.96. The van der Waals surface area contributed by atoms with Gasteiger partial charge in [-0.25, -0.2) is 4.79 Å². The van der Waals surface area contributed by atoms with Crippen LogP contribution in [0.5, 0.6) is 0 Å². The number of nitrogens with two attached hydrogens (primary N) is 1. The molecule has 6 heteroatoms. The largest absolute Gasteiger partial charge is 0.465 e. The lowest BCUT2D eigenvalue weighted by Crippen LogP contribution is -2.54. The topological polar surface area (TPSA) is 86.9 Å². The number of rotatable bonds is 3. The van der Waals surface area contributed by atoms with E-state index in [2.05, 4.69) is 0 Å². The maximum Gasteiger partial charge on any atom is 0.407 e. The maximum absolute atomic E-state index is 11.9. The van der Waals surface area contributed by atoms with Gasteiger partial charge in [-0.2, -0.15) is 0 Å². The van der Waals surface area contributed by atoms with Gasteiger partial charge in [-0.1, -0.05) is 13.8 Å². The Bertz CT molecular complexity index is 286. The minimum atomic E-state index is -0.927. The van der Waals surface area contributed by atoms with Gasteiger partial charge in [0, 0.05) is 26.2 Å². The van der Waals surface area contributed by atoms with E-state index in [0.717, 1.165) is 0 Å². The summed E-state index contributed by atoms with van der Waals surface area (Å²) in [7, 11) is 0. The first-order chi connectivity index (χ1) is 7.91. The Morgan fingerprint density at radius 1 is 1.18 bits per heavy atom. The van der Waals surface area contributed by atoms with E-state index in [9.17, 15) is 9.59 Å². The van der Waals surface area contributed by atoms with Crippen LogP contribution in [-0.2, 0) is 4.79 Å². The highest BCUT2D eigenvalue weighted by Gasteiger charge is 2.27. The summed E-state index contributed by atoms with van der Waals surface area (Å²) in [5.74, 6) is 0.318. The molecule has 1 rings (SSSR count). The number of carbonyl (C=O) groups is 2. The van der Waals surface area contributed by atoms with Crippen LogP contribution >= 0.6 is 0 Å². The molecule has 0 aromatic heterocycles. The van der Waals surface area contributed by atoms with Crippen molar-refractivity contribution in [3.8, 4) is 0 Å². The molecule has 0 spiro atoms. The van der Waals surface area contributed by atoms with Crippen LogP contribution in [0.25, 0.3) is 0 Å². The molecule has 98 valence electrons. The third-order valence-electron chi connectivity index (χ3n) is 2.90. The van der Waals surface area contributed by atoms with E-state index < -0.39 is 12.1 Å². The zero-order valence-electron chi connectivity index (χ0n) is 10.4. The van der Waals surface area contributed by atoms with Crippen LogP contribution in [0.1, 0.15) is 20.3 Å². The summed E-state index contributed by atoms with van der Waals surface area (Å²) in [6.07, 6.45) is -0.263. The van der Waals surface area contributed by atoms with Crippen LogP contribution in [0.3, 0.4) is 0 Å². The van der Waals surface area contributed by atoms with Gasteiger partial charge in [-0.3, -0.25) is 4.79 Å². The lowest BCUT2D eigenvalue weighted by atomic mass is 10.0. The second-order valence-electron chi connectivity index (χ2n) is 4.83. The van der Waals surface area contributed by atoms with Crippen molar-refractivity contribution in [2.45, 2.75) is 26.3 Å². The van der Waals surface area contributed by atoms with Crippen LogP contribution < -0.4 is 5.73 Å². The second-order valence-corrected chi connectivity index (χ2v) is 4.83. The van der Waals surface area contributed by atoms with Gasteiger partial charge >= 0.3 is 6.09 Å². The quantitative estimate of drug-likeness (QED) is 0.740.